The molecule has 1 saturated heterocycles. The Kier molecular flexibility index (Phi) is 5.65. The van der Waals surface area contributed by atoms with Gasteiger partial charge in [0.15, 0.2) is 0 Å². The van der Waals surface area contributed by atoms with E-state index in [0.717, 1.165) is 0 Å². The lowest BCUT2D eigenvalue weighted by molar-refractivity contribution is -0.120. The van der Waals surface area contributed by atoms with Gasteiger partial charge in [0.05, 0.1) is 0 Å². The molecule has 0 spiro atoms. The quantitative estimate of drug-likeness (QED) is 0.752. The van der Waals surface area contributed by atoms with Crippen molar-refractivity contribution in [1.82, 2.24) is 10.6 Å². The fourth-order valence-electron chi connectivity index (χ4n) is 2.57. The summed E-state index contributed by atoms with van der Waals surface area (Å²) in [6.45, 7) is 0.0908. The predicted molar refractivity (Wildman–Crippen MR) is 95.5 cm³/mol. The van der Waals surface area contributed by atoms with Crippen molar-refractivity contribution in [2.24, 2.45) is 0 Å². The molecule has 7 nitrogen and oxygen atoms in total. The number of carbonyl (C=O) groups is 3. The van der Waals surface area contributed by atoms with E-state index in [2.05, 4.69) is 16.0 Å². The molecule has 0 bridgehead atoms. The zero-order chi connectivity index (χ0) is 19.2. The van der Waals surface area contributed by atoms with Crippen molar-refractivity contribution in [3.63, 3.8) is 0 Å². The van der Waals surface area contributed by atoms with Gasteiger partial charge in [-0.15, -0.1) is 0 Å². The van der Waals surface area contributed by atoms with Crippen LogP contribution in [0.2, 0.25) is 0 Å². The zero-order valence-corrected chi connectivity index (χ0v) is 14.3. The molecular formula is C19H18FN3O4. The SMILES string of the molecule is O=C1CC[C@H](C(=O)Nc2ccc(OCc3ccccc3F)cc2)NC(=O)N1. The molecule has 1 aliphatic heterocycles. The first-order chi connectivity index (χ1) is 13.0. The lowest BCUT2D eigenvalue weighted by atomic mass is 10.1. The summed E-state index contributed by atoms with van der Waals surface area (Å²) in [5.41, 5.74) is 0.957. The van der Waals surface area contributed by atoms with E-state index in [-0.39, 0.29) is 25.3 Å². The van der Waals surface area contributed by atoms with E-state index in [9.17, 15) is 18.8 Å². The van der Waals surface area contributed by atoms with Gasteiger partial charge >= 0.3 is 6.03 Å². The number of hydrogen-bond donors (Lipinski definition) is 3. The van der Waals surface area contributed by atoms with Crippen LogP contribution >= 0.6 is 0 Å². The van der Waals surface area contributed by atoms with Gasteiger partial charge in [0.25, 0.3) is 0 Å². The summed E-state index contributed by atoms with van der Waals surface area (Å²) in [7, 11) is 0. The van der Waals surface area contributed by atoms with E-state index < -0.39 is 23.9 Å². The van der Waals surface area contributed by atoms with Crippen LogP contribution in [-0.4, -0.2) is 23.9 Å². The van der Waals surface area contributed by atoms with Crippen LogP contribution in [0.1, 0.15) is 18.4 Å². The third-order valence-corrected chi connectivity index (χ3v) is 4.01. The molecule has 140 valence electrons. The van der Waals surface area contributed by atoms with Crippen molar-refractivity contribution < 1.29 is 23.5 Å². The van der Waals surface area contributed by atoms with Gasteiger partial charge in [-0.3, -0.25) is 14.9 Å². The van der Waals surface area contributed by atoms with Crippen LogP contribution in [0.5, 0.6) is 5.75 Å². The molecule has 2 aromatic carbocycles. The fraction of sp³-hybridized carbons (Fsp3) is 0.211. The van der Waals surface area contributed by atoms with Gasteiger partial charge in [-0.2, -0.15) is 0 Å². The molecule has 1 heterocycles. The van der Waals surface area contributed by atoms with E-state index in [4.69, 9.17) is 4.74 Å². The van der Waals surface area contributed by atoms with Crippen LogP contribution < -0.4 is 20.7 Å². The van der Waals surface area contributed by atoms with E-state index in [1.807, 2.05) is 0 Å². The number of benzene rings is 2. The minimum atomic E-state index is -0.798. The van der Waals surface area contributed by atoms with Crippen LogP contribution in [0.3, 0.4) is 0 Å². The van der Waals surface area contributed by atoms with Crippen LogP contribution in [-0.2, 0) is 16.2 Å². The molecule has 8 heteroatoms. The normalized spacial score (nSPS) is 16.7. The minimum absolute atomic E-state index is 0.0830. The third-order valence-electron chi connectivity index (χ3n) is 4.01. The second-order valence-corrected chi connectivity index (χ2v) is 6.01. The third kappa shape index (κ3) is 5.04. The van der Waals surface area contributed by atoms with Crippen LogP contribution in [0.4, 0.5) is 14.9 Å². The highest BCUT2D eigenvalue weighted by Gasteiger charge is 2.26. The molecule has 3 N–H and O–H groups in total. The number of imide groups is 1. The summed E-state index contributed by atoms with van der Waals surface area (Å²) in [5.74, 6) is -0.646. The number of nitrogens with one attached hydrogen (secondary N) is 3. The summed E-state index contributed by atoms with van der Waals surface area (Å²) in [4.78, 5) is 35.0. The van der Waals surface area contributed by atoms with E-state index in [0.29, 0.717) is 17.0 Å². The summed E-state index contributed by atoms with van der Waals surface area (Å²) in [6, 6.07) is 11.4. The number of rotatable bonds is 5. The lowest BCUT2D eigenvalue weighted by Gasteiger charge is -2.15. The highest BCUT2D eigenvalue weighted by Crippen LogP contribution is 2.18. The van der Waals surface area contributed by atoms with Gasteiger partial charge in [-0.05, 0) is 36.8 Å². The molecular weight excluding hydrogens is 353 g/mol. The predicted octanol–water partition coefficient (Wildman–Crippen LogP) is 2.33. The Bertz CT molecular complexity index is 854. The van der Waals surface area contributed by atoms with Crippen molar-refractivity contribution in [3.8, 4) is 5.75 Å². The minimum Gasteiger partial charge on any atom is -0.489 e. The van der Waals surface area contributed by atoms with E-state index in [1.165, 1.54) is 6.07 Å². The van der Waals surface area contributed by atoms with E-state index >= 15 is 0 Å². The molecule has 1 atom stereocenters. The number of amides is 4. The highest BCUT2D eigenvalue weighted by molar-refractivity contribution is 6.01. The summed E-state index contributed by atoms with van der Waals surface area (Å²) < 4.78 is 19.1. The molecule has 0 aliphatic carbocycles. The molecule has 1 aliphatic rings. The standard InChI is InChI=1S/C19H18FN3O4/c20-15-4-2-1-3-12(15)11-27-14-7-5-13(6-8-14)21-18(25)16-9-10-17(24)23-19(26)22-16/h1-8,16H,9-11H2,(H,21,25)(H2,22,23,24,26)/t16-/m1/s1. The Morgan fingerprint density at radius 2 is 1.89 bits per heavy atom. The fourth-order valence-corrected chi connectivity index (χ4v) is 2.57. The molecule has 0 aromatic heterocycles. The monoisotopic (exact) mass is 371 g/mol. The van der Waals surface area contributed by atoms with Crippen molar-refractivity contribution >= 4 is 23.5 Å². The molecule has 2 aromatic rings. The van der Waals surface area contributed by atoms with Gasteiger partial charge < -0.3 is 15.4 Å². The van der Waals surface area contributed by atoms with Gasteiger partial charge in [-0.25, -0.2) is 9.18 Å². The number of urea groups is 1. The maximum Gasteiger partial charge on any atom is 0.322 e. The molecule has 3 rings (SSSR count). The Morgan fingerprint density at radius 1 is 1.15 bits per heavy atom. The van der Waals surface area contributed by atoms with Gasteiger partial charge in [0, 0.05) is 17.7 Å². The lowest BCUT2D eigenvalue weighted by Crippen LogP contribution is -2.45. The summed E-state index contributed by atoms with van der Waals surface area (Å²) in [5, 5.41) is 7.24. The Morgan fingerprint density at radius 3 is 2.63 bits per heavy atom. The topological polar surface area (TPSA) is 96.5 Å². The first kappa shape index (κ1) is 18.4. The molecule has 4 amide bonds. The molecule has 27 heavy (non-hydrogen) atoms. The average Bonchev–Trinajstić information content (AvgIpc) is 2.82. The summed E-state index contributed by atoms with van der Waals surface area (Å²) >= 11 is 0. The van der Waals surface area contributed by atoms with Crippen LogP contribution in [0, 0.1) is 5.82 Å². The largest absolute Gasteiger partial charge is 0.489 e. The maximum absolute atomic E-state index is 13.6. The van der Waals surface area contributed by atoms with E-state index in [1.54, 1.807) is 42.5 Å². The molecule has 1 fully saturated rings. The number of hydrogen-bond acceptors (Lipinski definition) is 4. The van der Waals surface area contributed by atoms with Crippen LogP contribution in [0.15, 0.2) is 48.5 Å². The number of anilines is 1. The Balaban J connectivity index is 1.55. The molecule has 0 saturated carbocycles. The van der Waals surface area contributed by atoms with Crippen molar-refractivity contribution in [1.29, 1.82) is 0 Å². The van der Waals surface area contributed by atoms with Gasteiger partial charge in [0.2, 0.25) is 11.8 Å². The average molecular weight is 371 g/mol. The van der Waals surface area contributed by atoms with Crippen molar-refractivity contribution in [2.45, 2.75) is 25.5 Å². The van der Waals surface area contributed by atoms with Crippen molar-refractivity contribution in [2.75, 3.05) is 5.32 Å². The summed E-state index contributed by atoms with van der Waals surface area (Å²) in [6.07, 6.45) is 0.299. The van der Waals surface area contributed by atoms with Crippen LogP contribution in [0.25, 0.3) is 0 Å². The molecule has 0 radical (unpaired) electrons. The highest BCUT2D eigenvalue weighted by atomic mass is 19.1. The second kappa shape index (κ2) is 8.31. The Labute approximate surface area is 154 Å². The maximum atomic E-state index is 13.6. The number of halogens is 1. The second-order valence-electron chi connectivity index (χ2n) is 6.01. The van der Waals surface area contributed by atoms with Gasteiger partial charge in [-0.1, -0.05) is 18.2 Å². The van der Waals surface area contributed by atoms with Gasteiger partial charge in [0.1, 0.15) is 24.2 Å². The number of ether oxygens (including phenoxy) is 1. The Hall–Kier alpha value is -3.42. The van der Waals surface area contributed by atoms with Crippen molar-refractivity contribution in [3.05, 3.63) is 59.9 Å². The molecule has 0 unspecified atom stereocenters. The number of carbonyl (C=O) groups excluding carboxylic acids is 3. The smallest absolute Gasteiger partial charge is 0.322 e. The first-order valence-corrected chi connectivity index (χ1v) is 8.39. The first-order valence-electron chi connectivity index (χ1n) is 8.39. The zero-order valence-electron chi connectivity index (χ0n) is 14.3.